The van der Waals surface area contributed by atoms with Crippen LogP contribution in [0, 0.1) is 22.7 Å². The lowest BCUT2D eigenvalue weighted by Crippen LogP contribution is -2.80. The summed E-state index contributed by atoms with van der Waals surface area (Å²) in [6.07, 6.45) is 3.95. The fourth-order valence-electron chi connectivity index (χ4n) is 5.54. The number of pyridine rings is 1. The van der Waals surface area contributed by atoms with Crippen LogP contribution in [0.5, 0.6) is 0 Å². The molecule has 4 fully saturated rings. The van der Waals surface area contributed by atoms with Gasteiger partial charge in [-0.1, -0.05) is 27.7 Å². The van der Waals surface area contributed by atoms with Crippen LogP contribution in [0.2, 0.25) is 0 Å². The third kappa shape index (κ3) is 1.92. The zero-order valence-electron chi connectivity index (χ0n) is 14.7. The molecule has 5 heterocycles. The Bertz CT molecular complexity index is 542. The number of nitrogens with zero attached hydrogens (tertiary/aromatic N) is 3. The van der Waals surface area contributed by atoms with E-state index < -0.39 is 0 Å². The first-order valence-corrected chi connectivity index (χ1v) is 8.97. The quantitative estimate of drug-likeness (QED) is 0.929. The lowest BCUT2D eigenvalue weighted by atomic mass is 9.52. The van der Waals surface area contributed by atoms with Crippen molar-refractivity contribution in [1.29, 1.82) is 0 Å². The second-order valence-corrected chi connectivity index (χ2v) is 8.64. The highest BCUT2D eigenvalue weighted by atomic mass is 16.3. The third-order valence-corrected chi connectivity index (χ3v) is 7.07. The summed E-state index contributed by atoms with van der Waals surface area (Å²) in [6, 6.07) is 4.29. The molecule has 4 aliphatic heterocycles. The van der Waals surface area contributed by atoms with Crippen LogP contribution in [0.4, 0.5) is 0 Å². The summed E-state index contributed by atoms with van der Waals surface area (Å²) in [5, 5.41) is 11.4. The Morgan fingerprint density at radius 3 is 1.78 bits per heavy atom. The number of aliphatic hydroxyl groups is 1. The summed E-state index contributed by atoms with van der Waals surface area (Å²) in [5.74, 6) is 0.972. The van der Waals surface area contributed by atoms with Gasteiger partial charge in [0.25, 0.3) is 0 Å². The van der Waals surface area contributed by atoms with E-state index in [-0.39, 0.29) is 16.9 Å². The lowest BCUT2D eigenvalue weighted by Gasteiger charge is -2.71. The number of aliphatic hydroxyl groups excluding tert-OH is 1. The molecule has 0 atom stereocenters. The maximum Gasteiger partial charge on any atom is 0.0888 e. The van der Waals surface area contributed by atoms with Crippen molar-refractivity contribution in [2.75, 3.05) is 26.2 Å². The van der Waals surface area contributed by atoms with Crippen LogP contribution in [0.3, 0.4) is 0 Å². The van der Waals surface area contributed by atoms with Crippen LogP contribution in [-0.4, -0.2) is 52.2 Å². The molecular weight excluding hydrogens is 286 g/mol. The van der Waals surface area contributed by atoms with E-state index in [2.05, 4.69) is 54.6 Å². The van der Waals surface area contributed by atoms with E-state index in [1.807, 2.05) is 12.4 Å². The van der Waals surface area contributed by atoms with Gasteiger partial charge >= 0.3 is 0 Å². The minimum absolute atomic E-state index is 0.00427. The summed E-state index contributed by atoms with van der Waals surface area (Å²) >= 11 is 0. The Hall–Kier alpha value is -0.970. The first-order chi connectivity index (χ1) is 10.9. The minimum atomic E-state index is -0.194. The Labute approximate surface area is 139 Å². The first kappa shape index (κ1) is 15.6. The van der Waals surface area contributed by atoms with E-state index in [4.69, 9.17) is 0 Å². The minimum Gasteiger partial charge on any atom is -0.392 e. The van der Waals surface area contributed by atoms with Crippen LogP contribution in [0.15, 0.2) is 24.5 Å². The third-order valence-electron chi connectivity index (χ3n) is 7.07. The van der Waals surface area contributed by atoms with E-state index in [0.29, 0.717) is 18.0 Å². The second-order valence-electron chi connectivity index (χ2n) is 8.64. The number of aromatic nitrogens is 1. The zero-order valence-corrected chi connectivity index (χ0v) is 14.7. The lowest BCUT2D eigenvalue weighted by molar-refractivity contribution is -0.287. The SMILES string of the molecule is CC(C)C12CN3CC(C(C)C)(CN(C1)C3c1ccncc1)C2O. The summed E-state index contributed by atoms with van der Waals surface area (Å²) in [6.45, 7) is 13.2. The van der Waals surface area contributed by atoms with Gasteiger partial charge in [0, 0.05) is 49.4 Å². The van der Waals surface area contributed by atoms with Crippen molar-refractivity contribution in [3.63, 3.8) is 0 Å². The van der Waals surface area contributed by atoms with E-state index in [9.17, 15) is 5.11 Å². The maximum atomic E-state index is 11.4. The fourth-order valence-corrected chi connectivity index (χ4v) is 5.54. The van der Waals surface area contributed by atoms with Crippen molar-refractivity contribution in [3.05, 3.63) is 30.1 Å². The molecule has 4 heteroatoms. The standard InChI is InChI=1S/C19H29N3O/c1-13(2)18-9-21-11-19(14(3)4,17(18)23)12-22(10-18)16(21)15-5-7-20-8-6-15/h5-8,13-14,16-17,23H,9-12H2,1-4H3. The fraction of sp³-hybridized carbons (Fsp3) is 0.737. The van der Waals surface area contributed by atoms with Gasteiger partial charge in [-0.25, -0.2) is 0 Å². The average Bonchev–Trinajstić information content (AvgIpc) is 2.51. The highest BCUT2D eigenvalue weighted by Crippen LogP contribution is 2.59. The molecule has 1 aromatic heterocycles. The molecule has 4 aliphatic rings. The topological polar surface area (TPSA) is 39.6 Å². The Morgan fingerprint density at radius 2 is 1.39 bits per heavy atom. The molecule has 4 bridgehead atoms. The zero-order chi connectivity index (χ0) is 16.4. The molecule has 4 nitrogen and oxygen atoms in total. The molecule has 23 heavy (non-hydrogen) atoms. The van der Waals surface area contributed by atoms with Gasteiger partial charge in [-0.2, -0.15) is 0 Å². The number of hydrogen-bond donors (Lipinski definition) is 1. The number of rotatable bonds is 3. The molecule has 0 unspecified atom stereocenters. The smallest absolute Gasteiger partial charge is 0.0888 e. The van der Waals surface area contributed by atoms with Gasteiger partial charge in [-0.05, 0) is 29.5 Å². The summed E-state index contributed by atoms with van der Waals surface area (Å²) in [5.41, 5.74) is 1.35. The van der Waals surface area contributed by atoms with Crippen molar-refractivity contribution in [2.45, 2.75) is 40.0 Å². The molecule has 0 amide bonds. The molecule has 0 aliphatic carbocycles. The first-order valence-electron chi connectivity index (χ1n) is 8.97. The molecule has 0 aromatic carbocycles. The average molecular weight is 315 g/mol. The van der Waals surface area contributed by atoms with E-state index in [0.717, 1.165) is 26.2 Å². The largest absolute Gasteiger partial charge is 0.392 e. The molecule has 126 valence electrons. The number of piperidine rings is 2. The molecule has 0 saturated carbocycles. The predicted molar refractivity (Wildman–Crippen MR) is 90.7 cm³/mol. The molecule has 0 spiro atoms. The highest BCUT2D eigenvalue weighted by Gasteiger charge is 2.66. The molecular formula is C19H29N3O. The Kier molecular flexibility index (Phi) is 3.39. The van der Waals surface area contributed by atoms with Gasteiger partial charge < -0.3 is 5.11 Å². The molecule has 1 N–H and O–H groups in total. The van der Waals surface area contributed by atoms with Crippen LogP contribution >= 0.6 is 0 Å². The van der Waals surface area contributed by atoms with Gasteiger partial charge in [0.2, 0.25) is 0 Å². The van der Waals surface area contributed by atoms with Crippen molar-refractivity contribution < 1.29 is 5.11 Å². The second kappa shape index (κ2) is 5.01. The Balaban J connectivity index is 1.78. The van der Waals surface area contributed by atoms with Crippen molar-refractivity contribution in [1.82, 2.24) is 14.8 Å². The van der Waals surface area contributed by atoms with Gasteiger partial charge in [-0.15, -0.1) is 0 Å². The molecule has 0 radical (unpaired) electrons. The van der Waals surface area contributed by atoms with Crippen molar-refractivity contribution in [2.24, 2.45) is 22.7 Å². The highest BCUT2D eigenvalue weighted by molar-refractivity contribution is 5.24. The van der Waals surface area contributed by atoms with Crippen LogP contribution in [-0.2, 0) is 0 Å². The van der Waals surface area contributed by atoms with E-state index in [1.165, 1.54) is 5.56 Å². The van der Waals surface area contributed by atoms with E-state index >= 15 is 0 Å². The monoisotopic (exact) mass is 315 g/mol. The predicted octanol–water partition coefficient (Wildman–Crippen LogP) is 2.37. The Morgan fingerprint density at radius 1 is 0.957 bits per heavy atom. The van der Waals surface area contributed by atoms with Crippen molar-refractivity contribution in [3.8, 4) is 0 Å². The van der Waals surface area contributed by atoms with Crippen molar-refractivity contribution >= 4 is 0 Å². The maximum absolute atomic E-state index is 11.4. The van der Waals surface area contributed by atoms with Crippen LogP contribution < -0.4 is 0 Å². The normalized spacial score (nSPS) is 45.2. The van der Waals surface area contributed by atoms with Gasteiger partial charge in [-0.3, -0.25) is 14.8 Å². The molecule has 4 saturated heterocycles. The van der Waals surface area contributed by atoms with Gasteiger partial charge in [0.15, 0.2) is 0 Å². The molecule has 1 aromatic rings. The van der Waals surface area contributed by atoms with Gasteiger partial charge in [0.1, 0.15) is 0 Å². The van der Waals surface area contributed by atoms with E-state index in [1.54, 1.807) is 0 Å². The number of hydrogen-bond acceptors (Lipinski definition) is 4. The van der Waals surface area contributed by atoms with Gasteiger partial charge in [0.05, 0.1) is 12.3 Å². The van der Waals surface area contributed by atoms with Crippen LogP contribution in [0.1, 0.15) is 39.4 Å². The summed E-state index contributed by atoms with van der Waals surface area (Å²) in [7, 11) is 0. The molecule has 5 rings (SSSR count). The summed E-state index contributed by atoms with van der Waals surface area (Å²) in [4.78, 5) is 9.42. The van der Waals surface area contributed by atoms with Crippen LogP contribution in [0.25, 0.3) is 0 Å². The summed E-state index contributed by atoms with van der Waals surface area (Å²) < 4.78 is 0.